The molecular weight excluding hydrogens is 397 g/mol. The van der Waals surface area contributed by atoms with Gasteiger partial charge in [-0.3, -0.25) is 4.79 Å². The summed E-state index contributed by atoms with van der Waals surface area (Å²) in [6, 6.07) is 9.77. The summed E-state index contributed by atoms with van der Waals surface area (Å²) < 4.78 is 41.2. The molecule has 0 aromatic heterocycles. The monoisotopic (exact) mass is 411 g/mol. The van der Waals surface area contributed by atoms with E-state index in [0.717, 1.165) is 18.4 Å². The summed E-state index contributed by atoms with van der Waals surface area (Å²) in [7, 11) is -3.53. The minimum absolute atomic E-state index is 0.0437. The summed E-state index contributed by atoms with van der Waals surface area (Å²) in [6.45, 7) is -0.606. The maximum atomic E-state index is 13.1. The number of halogens is 2. The Labute approximate surface area is 160 Å². The van der Waals surface area contributed by atoms with Crippen molar-refractivity contribution in [3.8, 4) is 0 Å². The molecule has 2 rings (SSSR count). The maximum Gasteiger partial charge on any atom is 0.331 e. The third kappa shape index (κ3) is 6.19. The van der Waals surface area contributed by atoms with E-state index in [1.165, 1.54) is 36.4 Å². The Balaban J connectivity index is 1.93. The normalized spacial score (nSPS) is 11.4. The maximum absolute atomic E-state index is 13.1. The van der Waals surface area contributed by atoms with Gasteiger partial charge in [0, 0.05) is 12.3 Å². The van der Waals surface area contributed by atoms with E-state index in [-0.39, 0.29) is 15.6 Å². The molecule has 0 heterocycles. The fourth-order valence-electron chi connectivity index (χ4n) is 2.04. The molecule has 0 fully saturated rings. The number of sulfone groups is 1. The van der Waals surface area contributed by atoms with Gasteiger partial charge in [0.05, 0.1) is 15.6 Å². The number of nitrogens with one attached hydrogen (secondary N) is 1. The number of carbonyl (C=O) groups excluding carboxylic acids is 2. The molecule has 0 spiro atoms. The molecule has 6 nitrogen and oxygen atoms in total. The van der Waals surface area contributed by atoms with Crippen LogP contribution in [0.2, 0.25) is 5.02 Å². The van der Waals surface area contributed by atoms with Gasteiger partial charge in [-0.2, -0.15) is 0 Å². The zero-order valence-corrected chi connectivity index (χ0v) is 15.7. The molecule has 0 saturated carbocycles. The van der Waals surface area contributed by atoms with Crippen LogP contribution in [0.5, 0.6) is 0 Å². The highest BCUT2D eigenvalue weighted by molar-refractivity contribution is 7.90. The van der Waals surface area contributed by atoms with E-state index >= 15 is 0 Å². The Hall–Kier alpha value is -2.71. The molecule has 2 aromatic rings. The molecule has 0 aliphatic carbocycles. The standard InChI is InChI=1S/C18H15ClFNO5S/c1-27(24,25)16-5-3-2-4-15(16)21-17(22)11-26-18(23)9-7-12-6-8-14(20)13(19)10-12/h2-10H,11H2,1H3,(H,21,22)/b9-7+. The molecule has 0 unspecified atom stereocenters. The smallest absolute Gasteiger partial charge is 0.331 e. The van der Waals surface area contributed by atoms with Crippen molar-refractivity contribution in [2.24, 2.45) is 0 Å². The number of esters is 1. The van der Waals surface area contributed by atoms with Crippen molar-refractivity contribution in [3.63, 3.8) is 0 Å². The van der Waals surface area contributed by atoms with Gasteiger partial charge in [-0.25, -0.2) is 17.6 Å². The Morgan fingerprint density at radius 1 is 1.22 bits per heavy atom. The molecule has 0 bridgehead atoms. The Morgan fingerprint density at radius 2 is 1.93 bits per heavy atom. The van der Waals surface area contributed by atoms with Crippen LogP contribution in [0, 0.1) is 5.82 Å². The molecule has 0 radical (unpaired) electrons. The Bertz CT molecular complexity index is 1000. The van der Waals surface area contributed by atoms with Crippen molar-refractivity contribution in [3.05, 3.63) is 64.9 Å². The lowest BCUT2D eigenvalue weighted by Crippen LogP contribution is -2.21. The minimum Gasteiger partial charge on any atom is -0.452 e. The van der Waals surface area contributed by atoms with Crippen LogP contribution in [0.1, 0.15) is 5.56 Å². The molecule has 0 aliphatic heterocycles. The molecule has 142 valence electrons. The Morgan fingerprint density at radius 3 is 2.59 bits per heavy atom. The first-order chi connectivity index (χ1) is 12.7. The van der Waals surface area contributed by atoms with Crippen molar-refractivity contribution in [2.45, 2.75) is 4.90 Å². The second-order valence-electron chi connectivity index (χ2n) is 5.43. The Kier molecular flexibility index (Phi) is 6.70. The predicted molar refractivity (Wildman–Crippen MR) is 99.6 cm³/mol. The van der Waals surface area contributed by atoms with E-state index in [0.29, 0.717) is 5.56 Å². The lowest BCUT2D eigenvalue weighted by atomic mass is 10.2. The molecule has 9 heteroatoms. The third-order valence-corrected chi connectivity index (χ3v) is 4.71. The minimum atomic E-state index is -3.53. The van der Waals surface area contributed by atoms with Crippen LogP contribution < -0.4 is 5.32 Å². The fraction of sp³-hybridized carbons (Fsp3) is 0.111. The topological polar surface area (TPSA) is 89.5 Å². The van der Waals surface area contributed by atoms with Crippen LogP contribution >= 0.6 is 11.6 Å². The summed E-state index contributed by atoms with van der Waals surface area (Å²) >= 11 is 5.63. The van der Waals surface area contributed by atoms with Crippen molar-refractivity contribution in [1.82, 2.24) is 0 Å². The molecule has 0 saturated heterocycles. The van der Waals surface area contributed by atoms with Gasteiger partial charge in [0.15, 0.2) is 16.4 Å². The highest BCUT2D eigenvalue weighted by Crippen LogP contribution is 2.20. The third-order valence-electron chi connectivity index (χ3n) is 3.26. The van der Waals surface area contributed by atoms with Crippen LogP contribution in [0.3, 0.4) is 0 Å². The zero-order valence-electron chi connectivity index (χ0n) is 14.1. The average Bonchev–Trinajstić information content (AvgIpc) is 2.60. The second-order valence-corrected chi connectivity index (χ2v) is 7.82. The van der Waals surface area contributed by atoms with E-state index in [9.17, 15) is 22.4 Å². The van der Waals surface area contributed by atoms with E-state index in [1.54, 1.807) is 6.07 Å². The van der Waals surface area contributed by atoms with E-state index in [4.69, 9.17) is 16.3 Å². The van der Waals surface area contributed by atoms with Crippen LogP contribution in [0.25, 0.3) is 6.08 Å². The van der Waals surface area contributed by atoms with Crippen LogP contribution in [0.15, 0.2) is 53.4 Å². The van der Waals surface area contributed by atoms with Crippen molar-refractivity contribution >= 4 is 45.1 Å². The molecule has 1 N–H and O–H groups in total. The van der Waals surface area contributed by atoms with Crippen molar-refractivity contribution in [2.75, 3.05) is 18.2 Å². The van der Waals surface area contributed by atoms with Gasteiger partial charge in [0.25, 0.3) is 5.91 Å². The number of anilines is 1. The highest BCUT2D eigenvalue weighted by Gasteiger charge is 2.15. The first-order valence-electron chi connectivity index (χ1n) is 7.55. The molecule has 1 amide bonds. The molecule has 27 heavy (non-hydrogen) atoms. The SMILES string of the molecule is CS(=O)(=O)c1ccccc1NC(=O)COC(=O)/C=C/c1ccc(F)c(Cl)c1. The molecule has 0 atom stereocenters. The van der Waals surface area contributed by atoms with Gasteiger partial charge in [-0.15, -0.1) is 0 Å². The molecule has 0 aliphatic rings. The fourth-order valence-corrected chi connectivity index (χ4v) is 3.08. The van der Waals surface area contributed by atoms with Gasteiger partial charge >= 0.3 is 5.97 Å². The second kappa shape index (κ2) is 8.79. The summed E-state index contributed by atoms with van der Waals surface area (Å²) in [5.74, 6) is -2.08. The highest BCUT2D eigenvalue weighted by atomic mass is 35.5. The van der Waals surface area contributed by atoms with Crippen LogP contribution in [-0.2, 0) is 24.2 Å². The number of benzene rings is 2. The van der Waals surface area contributed by atoms with Gasteiger partial charge in [0.1, 0.15) is 5.82 Å². The lowest BCUT2D eigenvalue weighted by Gasteiger charge is -2.09. The first-order valence-corrected chi connectivity index (χ1v) is 9.82. The molecule has 2 aromatic carbocycles. The quantitative estimate of drug-likeness (QED) is 0.582. The zero-order chi connectivity index (χ0) is 20.0. The average molecular weight is 412 g/mol. The summed E-state index contributed by atoms with van der Waals surface area (Å²) in [4.78, 5) is 23.5. The number of rotatable bonds is 6. The predicted octanol–water partition coefficient (Wildman–Crippen LogP) is 3.08. The summed E-state index contributed by atoms with van der Waals surface area (Å²) in [5, 5.41) is 2.29. The first kappa shape index (κ1) is 20.6. The number of hydrogen-bond acceptors (Lipinski definition) is 5. The molecular formula is C18H15ClFNO5S. The number of amides is 1. The van der Waals surface area contributed by atoms with Gasteiger partial charge < -0.3 is 10.1 Å². The lowest BCUT2D eigenvalue weighted by molar-refractivity contribution is -0.142. The van der Waals surface area contributed by atoms with Crippen LogP contribution in [-0.4, -0.2) is 33.2 Å². The summed E-state index contributed by atoms with van der Waals surface area (Å²) in [5.41, 5.74) is 0.572. The van der Waals surface area contributed by atoms with Crippen molar-refractivity contribution in [1.29, 1.82) is 0 Å². The largest absolute Gasteiger partial charge is 0.452 e. The van der Waals surface area contributed by atoms with E-state index < -0.39 is 34.1 Å². The van der Waals surface area contributed by atoms with Gasteiger partial charge in [0.2, 0.25) is 0 Å². The van der Waals surface area contributed by atoms with Gasteiger partial charge in [-0.05, 0) is 35.9 Å². The number of ether oxygens (including phenoxy) is 1. The van der Waals surface area contributed by atoms with Crippen molar-refractivity contribution < 1.29 is 27.1 Å². The summed E-state index contributed by atoms with van der Waals surface area (Å²) in [6.07, 6.45) is 3.43. The number of para-hydroxylation sites is 1. The van der Waals surface area contributed by atoms with E-state index in [2.05, 4.69) is 5.32 Å². The number of carbonyl (C=O) groups is 2. The van der Waals surface area contributed by atoms with Crippen LogP contribution in [0.4, 0.5) is 10.1 Å². The number of hydrogen-bond donors (Lipinski definition) is 1. The van der Waals surface area contributed by atoms with E-state index in [1.807, 2.05) is 0 Å². The van der Waals surface area contributed by atoms with Gasteiger partial charge in [-0.1, -0.05) is 29.8 Å².